The van der Waals surface area contributed by atoms with Crippen molar-refractivity contribution >= 4 is 35.4 Å². The van der Waals surface area contributed by atoms with E-state index < -0.39 is 17.9 Å². The lowest BCUT2D eigenvalue weighted by Crippen LogP contribution is -2.61. The summed E-state index contributed by atoms with van der Waals surface area (Å²) < 4.78 is 0. The Morgan fingerprint density at radius 1 is 0.600 bits per heavy atom. The SMILES string of the molecule is CCCCCCCC(=O)N1CCN(C(=O)c2ccc(C(=O)N3C[C@@H](C(=O)NC[C@H]4C[C@@H]4c4ccccc4)[C@H](C(=O)N[C@H]4C[C@@H]4c4ccccc4)C3)cc2)CC1C(=O)NCC. The molecule has 12 heteroatoms. The molecule has 0 aromatic heterocycles. The number of hydrogen-bond acceptors (Lipinski definition) is 6. The number of amides is 6. The summed E-state index contributed by atoms with van der Waals surface area (Å²) in [6, 6.07) is 25.9. The maximum absolute atomic E-state index is 14.0. The average molecular weight is 817 g/mol. The van der Waals surface area contributed by atoms with Crippen molar-refractivity contribution in [2.45, 2.75) is 89.1 Å². The summed E-state index contributed by atoms with van der Waals surface area (Å²) in [6.45, 7) is 5.73. The monoisotopic (exact) mass is 816 g/mol. The molecule has 7 atom stereocenters. The van der Waals surface area contributed by atoms with Crippen LogP contribution in [0.15, 0.2) is 84.9 Å². The van der Waals surface area contributed by atoms with Gasteiger partial charge in [0.25, 0.3) is 11.8 Å². The molecule has 318 valence electrons. The topological polar surface area (TPSA) is 148 Å². The number of likely N-dealkylation sites (N-methyl/N-ethyl adjacent to an activating group) is 1. The average Bonchev–Trinajstić information content (AvgIpc) is 4.20. The first-order valence-corrected chi connectivity index (χ1v) is 22.1. The van der Waals surface area contributed by atoms with E-state index in [-0.39, 0.29) is 80.1 Å². The standard InChI is InChI=1S/C48H60N6O6/c1-3-5-6-7-14-19-43(55)54-25-24-52(31-42(54)46(58)49-4-2)47(59)34-20-22-35(23-21-34)48(60)53-29-39(44(56)50-28-36-26-37(36)32-15-10-8-11-16-32)40(30-53)45(57)51-41-27-38(41)33-17-12-9-13-18-33/h8-13,15-18,20-23,36-42H,3-7,14,19,24-31H2,1-2H3,(H,49,58)(H,50,56)(H,51,57)/t36-,37-,38-,39-,40-,41+,42?/m1/s1. The lowest BCUT2D eigenvalue weighted by atomic mass is 9.94. The highest BCUT2D eigenvalue weighted by Crippen LogP contribution is 2.47. The minimum Gasteiger partial charge on any atom is -0.355 e. The second-order valence-electron chi connectivity index (χ2n) is 17.0. The van der Waals surface area contributed by atoms with Crippen molar-refractivity contribution in [1.82, 2.24) is 30.7 Å². The molecule has 7 rings (SSSR count). The number of nitrogens with zero attached hydrogens (tertiary/aromatic N) is 3. The zero-order valence-corrected chi connectivity index (χ0v) is 35.0. The fourth-order valence-corrected chi connectivity index (χ4v) is 9.08. The Balaban J connectivity index is 0.980. The molecule has 2 saturated carbocycles. The van der Waals surface area contributed by atoms with Crippen LogP contribution in [0.25, 0.3) is 0 Å². The first-order valence-electron chi connectivity index (χ1n) is 22.1. The third kappa shape index (κ3) is 10.3. The molecule has 1 unspecified atom stereocenters. The fourth-order valence-electron chi connectivity index (χ4n) is 9.08. The maximum atomic E-state index is 14.0. The van der Waals surface area contributed by atoms with E-state index in [9.17, 15) is 28.8 Å². The summed E-state index contributed by atoms with van der Waals surface area (Å²) >= 11 is 0. The second-order valence-corrected chi connectivity index (χ2v) is 17.0. The van der Waals surface area contributed by atoms with Crippen molar-refractivity contribution in [1.29, 1.82) is 0 Å². The van der Waals surface area contributed by atoms with Crippen LogP contribution >= 0.6 is 0 Å². The number of hydrogen-bond donors (Lipinski definition) is 3. The van der Waals surface area contributed by atoms with Gasteiger partial charge in [-0.3, -0.25) is 28.8 Å². The molecule has 0 spiro atoms. The maximum Gasteiger partial charge on any atom is 0.253 e. The number of piperazine rings is 1. The Hall–Kier alpha value is -5.52. The highest BCUT2D eigenvalue weighted by molar-refractivity contribution is 5.99. The molecule has 60 heavy (non-hydrogen) atoms. The molecule has 2 heterocycles. The summed E-state index contributed by atoms with van der Waals surface area (Å²) in [6.07, 6.45) is 7.28. The van der Waals surface area contributed by atoms with Crippen LogP contribution in [0, 0.1) is 17.8 Å². The molecule has 3 N–H and O–H groups in total. The zero-order chi connectivity index (χ0) is 42.2. The first-order chi connectivity index (χ1) is 29.2. The van der Waals surface area contributed by atoms with Gasteiger partial charge in [-0.25, -0.2) is 0 Å². The summed E-state index contributed by atoms with van der Waals surface area (Å²) in [4.78, 5) is 86.6. The van der Waals surface area contributed by atoms with Crippen LogP contribution < -0.4 is 16.0 Å². The molecule has 4 fully saturated rings. The van der Waals surface area contributed by atoms with Crippen molar-refractivity contribution in [3.63, 3.8) is 0 Å². The summed E-state index contributed by atoms with van der Waals surface area (Å²) in [5, 5.41) is 9.13. The van der Waals surface area contributed by atoms with E-state index in [4.69, 9.17) is 0 Å². The predicted molar refractivity (Wildman–Crippen MR) is 229 cm³/mol. The highest BCUT2D eigenvalue weighted by Gasteiger charge is 2.48. The van der Waals surface area contributed by atoms with Gasteiger partial charge in [-0.05, 0) is 73.4 Å². The summed E-state index contributed by atoms with van der Waals surface area (Å²) in [5.41, 5.74) is 3.14. The van der Waals surface area contributed by atoms with Gasteiger partial charge in [0.05, 0.1) is 18.4 Å². The van der Waals surface area contributed by atoms with E-state index in [0.29, 0.717) is 42.5 Å². The van der Waals surface area contributed by atoms with Gasteiger partial charge in [0.15, 0.2) is 0 Å². The smallest absolute Gasteiger partial charge is 0.253 e. The van der Waals surface area contributed by atoms with E-state index >= 15 is 0 Å². The second kappa shape index (κ2) is 19.7. The van der Waals surface area contributed by atoms with Crippen molar-refractivity contribution in [2.24, 2.45) is 17.8 Å². The molecule has 4 aliphatic rings. The van der Waals surface area contributed by atoms with Crippen LogP contribution in [0.2, 0.25) is 0 Å². The number of unbranched alkanes of at least 4 members (excludes halogenated alkanes) is 4. The quantitative estimate of drug-likeness (QED) is 0.161. The van der Waals surface area contributed by atoms with Crippen LogP contribution in [-0.2, 0) is 19.2 Å². The highest BCUT2D eigenvalue weighted by atomic mass is 16.2. The Bertz CT molecular complexity index is 1990. The molecule has 2 aliphatic carbocycles. The van der Waals surface area contributed by atoms with Crippen molar-refractivity contribution in [3.05, 3.63) is 107 Å². The van der Waals surface area contributed by atoms with Crippen molar-refractivity contribution in [3.8, 4) is 0 Å². The Morgan fingerprint density at radius 3 is 1.83 bits per heavy atom. The van der Waals surface area contributed by atoms with Gasteiger partial charge < -0.3 is 30.7 Å². The van der Waals surface area contributed by atoms with Crippen LogP contribution in [-0.4, -0.2) is 108 Å². The molecule has 12 nitrogen and oxygen atoms in total. The van der Waals surface area contributed by atoms with Crippen LogP contribution in [0.3, 0.4) is 0 Å². The van der Waals surface area contributed by atoms with Gasteiger partial charge in [-0.2, -0.15) is 0 Å². The number of likely N-dealkylation sites (tertiary alicyclic amines) is 1. The van der Waals surface area contributed by atoms with Crippen molar-refractivity contribution < 1.29 is 28.8 Å². The van der Waals surface area contributed by atoms with Gasteiger partial charge >= 0.3 is 0 Å². The molecule has 3 aromatic carbocycles. The molecule has 3 aromatic rings. The minimum absolute atomic E-state index is 0.0170. The Labute approximate surface area is 353 Å². The van der Waals surface area contributed by atoms with E-state index in [1.807, 2.05) is 43.3 Å². The van der Waals surface area contributed by atoms with E-state index in [2.05, 4.69) is 47.1 Å². The lowest BCUT2D eigenvalue weighted by Gasteiger charge is -2.40. The van der Waals surface area contributed by atoms with Gasteiger partial charge in [-0.15, -0.1) is 0 Å². The molecule has 0 radical (unpaired) electrons. The fraction of sp³-hybridized carbons (Fsp3) is 0.500. The van der Waals surface area contributed by atoms with E-state index in [0.717, 1.165) is 44.9 Å². The lowest BCUT2D eigenvalue weighted by molar-refractivity contribution is -0.143. The van der Waals surface area contributed by atoms with Crippen LogP contribution in [0.4, 0.5) is 0 Å². The molecular weight excluding hydrogens is 757 g/mol. The number of rotatable bonds is 17. The molecule has 2 saturated heterocycles. The Kier molecular flexibility index (Phi) is 14.0. The number of carbonyl (C=O) groups excluding carboxylic acids is 6. The largest absolute Gasteiger partial charge is 0.355 e. The number of nitrogens with one attached hydrogen (secondary N) is 3. The molecule has 2 aliphatic heterocycles. The first kappa shape index (κ1) is 42.6. The number of benzene rings is 3. The van der Waals surface area contributed by atoms with Gasteiger partial charge in [-0.1, -0.05) is 93.3 Å². The molecule has 0 bridgehead atoms. The molecule has 6 amide bonds. The summed E-state index contributed by atoms with van der Waals surface area (Å²) in [5.74, 6) is -1.85. The summed E-state index contributed by atoms with van der Waals surface area (Å²) in [7, 11) is 0. The Morgan fingerprint density at radius 2 is 1.20 bits per heavy atom. The van der Waals surface area contributed by atoms with E-state index in [1.165, 1.54) is 11.1 Å². The van der Waals surface area contributed by atoms with Gasteiger partial charge in [0.1, 0.15) is 6.04 Å². The molecular formula is C48H60N6O6. The third-order valence-electron chi connectivity index (χ3n) is 12.8. The van der Waals surface area contributed by atoms with Crippen LogP contribution in [0.5, 0.6) is 0 Å². The van der Waals surface area contributed by atoms with E-state index in [1.54, 1.807) is 39.0 Å². The van der Waals surface area contributed by atoms with Gasteiger partial charge in [0, 0.05) is 68.8 Å². The minimum atomic E-state index is -0.782. The third-order valence-corrected chi connectivity index (χ3v) is 12.8. The van der Waals surface area contributed by atoms with Gasteiger partial charge in [0.2, 0.25) is 23.6 Å². The number of carbonyl (C=O) groups is 6. The predicted octanol–water partition coefficient (Wildman–Crippen LogP) is 5.12. The normalized spacial score (nSPS) is 24.4. The van der Waals surface area contributed by atoms with Crippen LogP contribution in [0.1, 0.15) is 109 Å². The zero-order valence-electron chi connectivity index (χ0n) is 35.0. The van der Waals surface area contributed by atoms with Crippen molar-refractivity contribution in [2.75, 3.05) is 45.8 Å².